The first kappa shape index (κ1) is 18.6. The highest BCUT2D eigenvalue weighted by molar-refractivity contribution is 9.10. The number of rotatable bonds is 3. The molecule has 0 saturated heterocycles. The molecule has 2 aliphatic rings. The predicted octanol–water partition coefficient (Wildman–Crippen LogP) is 8.92. The van der Waals surface area contributed by atoms with E-state index in [2.05, 4.69) is 117 Å². The van der Waals surface area contributed by atoms with E-state index in [1.807, 2.05) is 0 Å². The summed E-state index contributed by atoms with van der Waals surface area (Å²) < 4.78 is 2.32. The molecule has 0 bridgehead atoms. The van der Waals surface area contributed by atoms with Crippen molar-refractivity contribution in [3.8, 4) is 22.3 Å². The summed E-state index contributed by atoms with van der Waals surface area (Å²) in [7, 11) is 0. The van der Waals surface area contributed by atoms with Gasteiger partial charge in [0.05, 0.1) is 0 Å². The third kappa shape index (κ3) is 2.85. The van der Waals surface area contributed by atoms with Crippen molar-refractivity contribution < 1.29 is 0 Å². The molecule has 146 valence electrons. The molecule has 4 aromatic carbocycles. The van der Waals surface area contributed by atoms with Crippen LogP contribution in [0.4, 0.5) is 0 Å². The Morgan fingerprint density at radius 1 is 0.467 bits per heavy atom. The SMILES string of the molecule is Brc1ccc2c(c1)C(CCC1c3ccccc3-c3ccccc31)c1cc(Br)ccc1-2. The Hall–Kier alpha value is -2.16. The lowest BCUT2D eigenvalue weighted by Crippen LogP contribution is -2.03. The van der Waals surface area contributed by atoms with Crippen molar-refractivity contribution in [1.82, 2.24) is 0 Å². The van der Waals surface area contributed by atoms with Crippen LogP contribution in [0.2, 0.25) is 0 Å². The Balaban J connectivity index is 1.40. The minimum atomic E-state index is 0.435. The molecule has 0 aliphatic heterocycles. The average Bonchev–Trinajstić information content (AvgIpc) is 3.24. The van der Waals surface area contributed by atoms with Gasteiger partial charge in [0.15, 0.2) is 0 Å². The normalized spacial score (nSPS) is 14.3. The van der Waals surface area contributed by atoms with E-state index < -0.39 is 0 Å². The Kier molecular flexibility index (Phi) is 4.47. The standard InChI is InChI=1S/C28H20Br2/c29-17-9-11-24-25-12-10-18(30)16-28(25)26(27(24)15-17)14-13-23-21-7-3-1-5-19(21)20-6-2-4-8-22(20)23/h1-12,15-16,23,26H,13-14H2. The fourth-order valence-corrected chi connectivity index (χ4v) is 6.27. The minimum absolute atomic E-state index is 0.435. The summed E-state index contributed by atoms with van der Waals surface area (Å²) in [5.74, 6) is 0.911. The average molecular weight is 516 g/mol. The molecule has 0 aromatic heterocycles. The van der Waals surface area contributed by atoms with Crippen LogP contribution in [-0.4, -0.2) is 0 Å². The third-order valence-electron chi connectivity index (χ3n) is 6.77. The Morgan fingerprint density at radius 2 is 0.867 bits per heavy atom. The number of hydrogen-bond donors (Lipinski definition) is 0. The van der Waals surface area contributed by atoms with Gasteiger partial charge in [-0.2, -0.15) is 0 Å². The molecule has 2 heteroatoms. The second-order valence-corrected chi connectivity index (χ2v) is 10.2. The Morgan fingerprint density at radius 3 is 1.37 bits per heavy atom. The lowest BCUT2D eigenvalue weighted by Gasteiger charge is -2.19. The van der Waals surface area contributed by atoms with Gasteiger partial charge < -0.3 is 0 Å². The fourth-order valence-electron chi connectivity index (χ4n) is 5.52. The van der Waals surface area contributed by atoms with Gasteiger partial charge in [0.25, 0.3) is 0 Å². The zero-order valence-electron chi connectivity index (χ0n) is 16.4. The molecular formula is C28H20Br2. The van der Waals surface area contributed by atoms with Crippen LogP contribution in [0.1, 0.15) is 46.9 Å². The summed E-state index contributed by atoms with van der Waals surface area (Å²) in [6.07, 6.45) is 2.29. The number of hydrogen-bond acceptors (Lipinski definition) is 0. The topological polar surface area (TPSA) is 0 Å². The van der Waals surface area contributed by atoms with Crippen LogP contribution in [-0.2, 0) is 0 Å². The van der Waals surface area contributed by atoms with Gasteiger partial charge in [-0.1, -0.05) is 92.5 Å². The summed E-state index contributed by atoms with van der Waals surface area (Å²) >= 11 is 7.41. The first-order chi connectivity index (χ1) is 14.7. The molecule has 0 spiro atoms. The second-order valence-electron chi connectivity index (χ2n) is 8.32. The molecule has 2 aliphatic carbocycles. The fraction of sp³-hybridized carbons (Fsp3) is 0.143. The van der Waals surface area contributed by atoms with Crippen LogP contribution < -0.4 is 0 Å². The number of halogens is 2. The maximum atomic E-state index is 3.70. The van der Waals surface area contributed by atoms with Gasteiger partial charge in [0.1, 0.15) is 0 Å². The Bertz CT molecular complexity index is 1190. The van der Waals surface area contributed by atoms with Gasteiger partial charge in [-0.3, -0.25) is 0 Å². The van der Waals surface area contributed by atoms with Gasteiger partial charge in [-0.05, 0) is 81.6 Å². The van der Waals surface area contributed by atoms with Gasteiger partial charge in [0, 0.05) is 20.8 Å². The van der Waals surface area contributed by atoms with E-state index in [1.54, 1.807) is 0 Å². The molecule has 0 radical (unpaired) electrons. The van der Waals surface area contributed by atoms with Crippen molar-refractivity contribution in [3.63, 3.8) is 0 Å². The van der Waals surface area contributed by atoms with Crippen LogP contribution in [0.15, 0.2) is 93.9 Å². The molecular weight excluding hydrogens is 496 g/mol. The van der Waals surface area contributed by atoms with Gasteiger partial charge in [-0.15, -0.1) is 0 Å². The Labute approximate surface area is 194 Å². The van der Waals surface area contributed by atoms with Crippen LogP contribution >= 0.6 is 31.9 Å². The van der Waals surface area contributed by atoms with Gasteiger partial charge in [-0.25, -0.2) is 0 Å². The zero-order valence-corrected chi connectivity index (χ0v) is 19.6. The third-order valence-corrected chi connectivity index (χ3v) is 7.76. The molecule has 0 heterocycles. The smallest absolute Gasteiger partial charge is 0.0178 e. The minimum Gasteiger partial charge on any atom is -0.0619 e. The van der Waals surface area contributed by atoms with Crippen molar-refractivity contribution in [2.24, 2.45) is 0 Å². The molecule has 0 atom stereocenters. The zero-order chi connectivity index (χ0) is 20.2. The molecule has 0 fully saturated rings. The molecule has 0 unspecified atom stereocenters. The van der Waals surface area contributed by atoms with Crippen LogP contribution in [0.3, 0.4) is 0 Å². The lowest BCUT2D eigenvalue weighted by molar-refractivity contribution is 0.625. The van der Waals surface area contributed by atoms with E-state index >= 15 is 0 Å². The van der Waals surface area contributed by atoms with Crippen LogP contribution in [0.25, 0.3) is 22.3 Å². The summed E-state index contributed by atoms with van der Waals surface area (Å²) in [6.45, 7) is 0. The van der Waals surface area contributed by atoms with E-state index in [1.165, 1.54) is 44.5 Å². The van der Waals surface area contributed by atoms with Gasteiger partial charge >= 0.3 is 0 Å². The summed E-state index contributed by atoms with van der Waals surface area (Å²) in [5.41, 5.74) is 11.5. The highest BCUT2D eigenvalue weighted by Gasteiger charge is 2.32. The largest absolute Gasteiger partial charge is 0.0619 e. The maximum absolute atomic E-state index is 3.70. The second kappa shape index (κ2) is 7.21. The van der Waals surface area contributed by atoms with E-state index in [4.69, 9.17) is 0 Å². The predicted molar refractivity (Wildman–Crippen MR) is 132 cm³/mol. The van der Waals surface area contributed by atoms with Crippen molar-refractivity contribution in [1.29, 1.82) is 0 Å². The summed E-state index contributed by atoms with van der Waals surface area (Å²) in [6, 6.07) is 31.4. The lowest BCUT2D eigenvalue weighted by atomic mass is 9.85. The molecule has 4 aromatic rings. The summed E-state index contributed by atoms with van der Waals surface area (Å²) in [4.78, 5) is 0. The summed E-state index contributed by atoms with van der Waals surface area (Å²) in [5, 5.41) is 0. The quantitative estimate of drug-likeness (QED) is 0.255. The number of benzene rings is 4. The molecule has 0 amide bonds. The van der Waals surface area contributed by atoms with Crippen molar-refractivity contribution >= 4 is 31.9 Å². The van der Waals surface area contributed by atoms with E-state index in [-0.39, 0.29) is 0 Å². The van der Waals surface area contributed by atoms with Crippen molar-refractivity contribution in [3.05, 3.63) is 116 Å². The highest BCUT2D eigenvalue weighted by atomic mass is 79.9. The van der Waals surface area contributed by atoms with Crippen LogP contribution in [0, 0.1) is 0 Å². The van der Waals surface area contributed by atoms with E-state index in [9.17, 15) is 0 Å². The number of fused-ring (bicyclic) bond motifs is 6. The monoisotopic (exact) mass is 514 g/mol. The van der Waals surface area contributed by atoms with E-state index in [0.717, 1.165) is 21.8 Å². The first-order valence-corrected chi connectivity index (χ1v) is 12.1. The van der Waals surface area contributed by atoms with Crippen molar-refractivity contribution in [2.45, 2.75) is 24.7 Å². The molecule has 0 saturated carbocycles. The highest BCUT2D eigenvalue weighted by Crippen LogP contribution is 2.52. The first-order valence-electron chi connectivity index (χ1n) is 10.5. The molecule has 0 N–H and O–H groups in total. The van der Waals surface area contributed by atoms with E-state index in [0.29, 0.717) is 11.8 Å². The molecule has 0 nitrogen and oxygen atoms in total. The van der Waals surface area contributed by atoms with Crippen molar-refractivity contribution in [2.75, 3.05) is 0 Å². The van der Waals surface area contributed by atoms with Gasteiger partial charge in [0.2, 0.25) is 0 Å². The van der Waals surface area contributed by atoms with Crippen LogP contribution in [0.5, 0.6) is 0 Å². The maximum Gasteiger partial charge on any atom is 0.0178 e. The molecule has 6 rings (SSSR count). The molecule has 30 heavy (non-hydrogen) atoms.